The van der Waals surface area contributed by atoms with Crippen molar-refractivity contribution in [2.45, 2.75) is 13.5 Å². The van der Waals surface area contributed by atoms with E-state index in [0.717, 1.165) is 22.6 Å². The number of nitrogens with zero attached hydrogens (tertiary/aromatic N) is 3. The van der Waals surface area contributed by atoms with Crippen LogP contribution in [0.2, 0.25) is 0 Å². The molecule has 0 unspecified atom stereocenters. The molecule has 108 valence electrons. The fourth-order valence-electron chi connectivity index (χ4n) is 2.06. The fourth-order valence-corrected chi connectivity index (χ4v) is 3.22. The number of aromatic nitrogens is 3. The standard InChI is InChI=1S/C14H13BrN4OS/c1-2-16-12-9-5-7-21-13(9)18-11(17-12)8-19-6-3-4-10(15)14(19)20/h3-7H,2,8H2,1H3,(H,16,17,18). The van der Waals surface area contributed by atoms with Crippen LogP contribution in [0.3, 0.4) is 0 Å². The zero-order valence-electron chi connectivity index (χ0n) is 11.3. The SMILES string of the molecule is CCNc1nc(Cn2cccc(Br)c2=O)nc2sccc12. The minimum absolute atomic E-state index is 0.0858. The Morgan fingerprint density at radius 2 is 2.24 bits per heavy atom. The molecule has 0 spiro atoms. The largest absolute Gasteiger partial charge is 0.370 e. The topological polar surface area (TPSA) is 59.8 Å². The zero-order chi connectivity index (χ0) is 14.8. The number of anilines is 1. The molecule has 3 aromatic heterocycles. The van der Waals surface area contributed by atoms with Crippen LogP contribution in [-0.2, 0) is 6.54 Å². The molecule has 3 heterocycles. The Balaban J connectivity index is 2.04. The second-order valence-corrected chi connectivity index (χ2v) is 6.20. The van der Waals surface area contributed by atoms with Crippen molar-refractivity contribution in [1.29, 1.82) is 0 Å². The summed E-state index contributed by atoms with van der Waals surface area (Å²) in [5, 5.41) is 6.26. The molecule has 0 atom stereocenters. The normalized spacial score (nSPS) is 11.0. The summed E-state index contributed by atoms with van der Waals surface area (Å²) in [5.41, 5.74) is -0.0858. The van der Waals surface area contributed by atoms with Gasteiger partial charge in [0.25, 0.3) is 5.56 Å². The summed E-state index contributed by atoms with van der Waals surface area (Å²) in [6.45, 7) is 3.17. The molecule has 0 bridgehead atoms. The van der Waals surface area contributed by atoms with E-state index in [4.69, 9.17) is 0 Å². The number of pyridine rings is 1. The van der Waals surface area contributed by atoms with E-state index in [1.54, 1.807) is 28.2 Å². The Morgan fingerprint density at radius 1 is 1.38 bits per heavy atom. The molecule has 21 heavy (non-hydrogen) atoms. The number of halogens is 1. The molecule has 0 saturated carbocycles. The van der Waals surface area contributed by atoms with Gasteiger partial charge in [-0.15, -0.1) is 11.3 Å². The third-order valence-electron chi connectivity index (χ3n) is 3.00. The van der Waals surface area contributed by atoms with Crippen LogP contribution in [0.5, 0.6) is 0 Å². The molecular formula is C14H13BrN4OS. The first-order chi connectivity index (χ1) is 10.2. The van der Waals surface area contributed by atoms with Crippen molar-refractivity contribution < 1.29 is 0 Å². The summed E-state index contributed by atoms with van der Waals surface area (Å²) in [5.74, 6) is 1.45. The van der Waals surface area contributed by atoms with Crippen LogP contribution in [0, 0.1) is 0 Å². The number of nitrogens with one attached hydrogen (secondary N) is 1. The zero-order valence-corrected chi connectivity index (χ0v) is 13.7. The molecule has 0 aliphatic heterocycles. The molecule has 7 heteroatoms. The first-order valence-electron chi connectivity index (χ1n) is 6.52. The number of fused-ring (bicyclic) bond motifs is 1. The van der Waals surface area contributed by atoms with Gasteiger partial charge in [0.05, 0.1) is 16.4 Å². The van der Waals surface area contributed by atoms with Gasteiger partial charge in [-0.1, -0.05) is 0 Å². The van der Waals surface area contributed by atoms with E-state index < -0.39 is 0 Å². The summed E-state index contributed by atoms with van der Waals surface area (Å²) in [6, 6.07) is 5.56. The van der Waals surface area contributed by atoms with E-state index in [2.05, 4.69) is 31.2 Å². The lowest BCUT2D eigenvalue weighted by molar-refractivity contribution is 0.716. The van der Waals surface area contributed by atoms with Crippen molar-refractivity contribution in [2.24, 2.45) is 0 Å². The Labute approximate surface area is 133 Å². The first-order valence-corrected chi connectivity index (χ1v) is 8.19. The van der Waals surface area contributed by atoms with E-state index in [1.807, 2.05) is 24.4 Å². The lowest BCUT2D eigenvalue weighted by atomic mass is 10.3. The molecule has 1 N–H and O–H groups in total. The minimum Gasteiger partial charge on any atom is -0.370 e. The monoisotopic (exact) mass is 364 g/mol. The molecule has 0 aliphatic carbocycles. The van der Waals surface area contributed by atoms with Crippen molar-refractivity contribution in [3.8, 4) is 0 Å². The van der Waals surface area contributed by atoms with Gasteiger partial charge in [0.15, 0.2) is 5.82 Å². The maximum atomic E-state index is 12.0. The smallest absolute Gasteiger partial charge is 0.265 e. The summed E-state index contributed by atoms with van der Waals surface area (Å²) in [6.07, 6.45) is 1.74. The molecule has 3 rings (SSSR count). The van der Waals surface area contributed by atoms with Crippen molar-refractivity contribution in [3.05, 3.63) is 50.4 Å². The number of hydrogen-bond donors (Lipinski definition) is 1. The maximum absolute atomic E-state index is 12.0. The van der Waals surface area contributed by atoms with Crippen LogP contribution in [0.1, 0.15) is 12.7 Å². The van der Waals surface area contributed by atoms with E-state index in [9.17, 15) is 4.79 Å². The third-order valence-corrected chi connectivity index (χ3v) is 4.41. The molecular weight excluding hydrogens is 352 g/mol. The number of rotatable bonds is 4. The molecule has 0 aliphatic rings. The van der Waals surface area contributed by atoms with E-state index in [-0.39, 0.29) is 5.56 Å². The van der Waals surface area contributed by atoms with Crippen LogP contribution in [-0.4, -0.2) is 21.1 Å². The molecule has 0 fully saturated rings. The van der Waals surface area contributed by atoms with E-state index in [1.165, 1.54) is 0 Å². The van der Waals surface area contributed by atoms with E-state index >= 15 is 0 Å². The third kappa shape index (κ3) is 2.84. The Bertz CT molecular complexity index is 842. The Kier molecular flexibility index (Phi) is 4.03. The summed E-state index contributed by atoms with van der Waals surface area (Å²) in [4.78, 5) is 22.0. The van der Waals surface area contributed by atoms with Crippen molar-refractivity contribution in [3.63, 3.8) is 0 Å². The lowest BCUT2D eigenvalue weighted by Crippen LogP contribution is -2.21. The van der Waals surface area contributed by atoms with Gasteiger partial charge in [-0.05, 0) is 46.4 Å². The maximum Gasteiger partial charge on any atom is 0.265 e. The van der Waals surface area contributed by atoms with Gasteiger partial charge in [0.1, 0.15) is 10.6 Å². The van der Waals surface area contributed by atoms with Gasteiger partial charge in [-0.3, -0.25) is 4.79 Å². The highest BCUT2D eigenvalue weighted by molar-refractivity contribution is 9.10. The van der Waals surface area contributed by atoms with Crippen LogP contribution < -0.4 is 10.9 Å². The van der Waals surface area contributed by atoms with Crippen LogP contribution in [0.4, 0.5) is 5.82 Å². The first kappa shape index (κ1) is 14.2. The van der Waals surface area contributed by atoms with Gasteiger partial charge in [-0.2, -0.15) is 0 Å². The Morgan fingerprint density at radius 3 is 3.05 bits per heavy atom. The average molecular weight is 365 g/mol. The average Bonchev–Trinajstić information content (AvgIpc) is 2.93. The Hall–Kier alpha value is -1.73. The van der Waals surface area contributed by atoms with Gasteiger partial charge in [-0.25, -0.2) is 9.97 Å². The van der Waals surface area contributed by atoms with Crippen LogP contribution >= 0.6 is 27.3 Å². The molecule has 3 aromatic rings. The predicted molar refractivity (Wildman–Crippen MR) is 89.1 cm³/mol. The number of thiophene rings is 1. The summed E-state index contributed by atoms with van der Waals surface area (Å²) in [7, 11) is 0. The molecule has 0 saturated heterocycles. The van der Waals surface area contributed by atoms with Crippen LogP contribution in [0.25, 0.3) is 10.2 Å². The van der Waals surface area contributed by atoms with Crippen LogP contribution in [0.15, 0.2) is 39.0 Å². The molecule has 5 nitrogen and oxygen atoms in total. The fraction of sp³-hybridized carbons (Fsp3) is 0.214. The molecule has 0 amide bonds. The second kappa shape index (κ2) is 5.95. The molecule has 0 radical (unpaired) electrons. The quantitative estimate of drug-likeness (QED) is 0.772. The lowest BCUT2D eigenvalue weighted by Gasteiger charge is -2.08. The highest BCUT2D eigenvalue weighted by Gasteiger charge is 2.10. The number of hydrogen-bond acceptors (Lipinski definition) is 5. The predicted octanol–water partition coefficient (Wildman–Crippen LogP) is 3.10. The van der Waals surface area contributed by atoms with Gasteiger partial charge in [0, 0.05) is 12.7 Å². The highest BCUT2D eigenvalue weighted by Crippen LogP contribution is 2.25. The summed E-state index contributed by atoms with van der Waals surface area (Å²) >= 11 is 4.82. The van der Waals surface area contributed by atoms with Crippen molar-refractivity contribution in [2.75, 3.05) is 11.9 Å². The van der Waals surface area contributed by atoms with Gasteiger partial charge < -0.3 is 9.88 Å². The van der Waals surface area contributed by atoms with Gasteiger partial charge in [0.2, 0.25) is 0 Å². The van der Waals surface area contributed by atoms with Crippen molar-refractivity contribution >= 4 is 43.3 Å². The summed E-state index contributed by atoms with van der Waals surface area (Å²) < 4.78 is 2.13. The minimum atomic E-state index is -0.0858. The second-order valence-electron chi connectivity index (χ2n) is 4.45. The van der Waals surface area contributed by atoms with Gasteiger partial charge >= 0.3 is 0 Å². The van der Waals surface area contributed by atoms with E-state index in [0.29, 0.717) is 16.8 Å². The molecule has 0 aromatic carbocycles. The van der Waals surface area contributed by atoms with Crippen molar-refractivity contribution in [1.82, 2.24) is 14.5 Å². The highest BCUT2D eigenvalue weighted by atomic mass is 79.9.